The molecule has 104 valence electrons. The number of hydrogen-bond donors (Lipinski definition) is 2. The van der Waals surface area contributed by atoms with Gasteiger partial charge in [0, 0.05) is 5.56 Å². The second-order valence-electron chi connectivity index (χ2n) is 4.37. The number of aryl methyl sites for hydroxylation is 1. The Kier molecular flexibility index (Phi) is 4.20. The number of rotatable bonds is 4. The highest BCUT2D eigenvalue weighted by Crippen LogP contribution is 2.17. The Morgan fingerprint density at radius 3 is 2.85 bits per heavy atom. The minimum atomic E-state index is -0.292. The summed E-state index contributed by atoms with van der Waals surface area (Å²) in [5.41, 5.74) is 7.80. The Hall–Kier alpha value is -2.56. The lowest BCUT2D eigenvalue weighted by Crippen LogP contribution is -2.13. The normalized spacial score (nSPS) is 11.4. The van der Waals surface area contributed by atoms with Gasteiger partial charge >= 0.3 is 0 Å². The van der Waals surface area contributed by atoms with Crippen molar-refractivity contribution < 1.29 is 14.3 Å². The zero-order valence-electron chi connectivity index (χ0n) is 11.0. The summed E-state index contributed by atoms with van der Waals surface area (Å²) in [4.78, 5) is 0. The first kappa shape index (κ1) is 13.9. The first-order valence-corrected chi connectivity index (χ1v) is 6.06. The molecule has 0 heterocycles. The summed E-state index contributed by atoms with van der Waals surface area (Å²) in [6.45, 7) is 2.15. The second kappa shape index (κ2) is 6.06. The van der Waals surface area contributed by atoms with Crippen LogP contribution in [0.4, 0.5) is 4.39 Å². The molecule has 0 amide bonds. The van der Waals surface area contributed by atoms with Crippen LogP contribution in [0.1, 0.15) is 16.7 Å². The van der Waals surface area contributed by atoms with Gasteiger partial charge < -0.3 is 15.7 Å². The maximum Gasteiger partial charge on any atom is 0.170 e. The van der Waals surface area contributed by atoms with Gasteiger partial charge in [0.05, 0.1) is 0 Å². The summed E-state index contributed by atoms with van der Waals surface area (Å²) in [6.07, 6.45) is 0. The number of oxime groups is 1. The maximum absolute atomic E-state index is 13.2. The van der Waals surface area contributed by atoms with E-state index in [1.807, 2.05) is 6.92 Å². The van der Waals surface area contributed by atoms with Crippen LogP contribution in [0.5, 0.6) is 5.75 Å². The van der Waals surface area contributed by atoms with Crippen LogP contribution in [-0.2, 0) is 6.61 Å². The zero-order chi connectivity index (χ0) is 14.5. The smallest absolute Gasteiger partial charge is 0.170 e. The molecule has 0 saturated carbocycles. The number of halogens is 1. The molecule has 0 atom stereocenters. The fourth-order valence-electron chi connectivity index (χ4n) is 1.76. The van der Waals surface area contributed by atoms with E-state index in [0.29, 0.717) is 11.3 Å². The van der Waals surface area contributed by atoms with E-state index < -0.39 is 0 Å². The van der Waals surface area contributed by atoms with Crippen molar-refractivity contribution in [3.05, 3.63) is 65.0 Å². The van der Waals surface area contributed by atoms with Crippen LogP contribution in [0.15, 0.2) is 47.6 Å². The third-order valence-corrected chi connectivity index (χ3v) is 2.94. The largest absolute Gasteiger partial charge is 0.489 e. The molecule has 0 saturated heterocycles. The van der Waals surface area contributed by atoms with Crippen molar-refractivity contribution in [3.63, 3.8) is 0 Å². The van der Waals surface area contributed by atoms with Gasteiger partial charge in [-0.05, 0) is 42.3 Å². The first-order valence-electron chi connectivity index (χ1n) is 6.06. The molecule has 2 aromatic carbocycles. The molecule has 0 bridgehead atoms. The molecule has 0 spiro atoms. The van der Waals surface area contributed by atoms with Gasteiger partial charge in [-0.25, -0.2) is 4.39 Å². The maximum atomic E-state index is 13.2. The van der Waals surface area contributed by atoms with Gasteiger partial charge in [0.1, 0.15) is 18.2 Å². The van der Waals surface area contributed by atoms with Crippen LogP contribution in [-0.4, -0.2) is 11.0 Å². The van der Waals surface area contributed by atoms with Gasteiger partial charge in [-0.3, -0.25) is 0 Å². The third kappa shape index (κ3) is 3.26. The van der Waals surface area contributed by atoms with Gasteiger partial charge in [0.15, 0.2) is 5.84 Å². The molecule has 3 N–H and O–H groups in total. The van der Waals surface area contributed by atoms with E-state index in [-0.39, 0.29) is 18.3 Å². The van der Waals surface area contributed by atoms with E-state index in [1.54, 1.807) is 30.3 Å². The minimum absolute atomic E-state index is 0.0115. The summed E-state index contributed by atoms with van der Waals surface area (Å²) in [5, 5.41) is 11.6. The third-order valence-electron chi connectivity index (χ3n) is 2.94. The van der Waals surface area contributed by atoms with Crippen molar-refractivity contribution in [3.8, 4) is 5.75 Å². The Bertz CT molecular complexity index is 642. The fraction of sp³-hybridized carbons (Fsp3) is 0.133. The Labute approximate surface area is 116 Å². The van der Waals surface area contributed by atoms with E-state index in [1.165, 1.54) is 12.1 Å². The second-order valence-corrected chi connectivity index (χ2v) is 4.37. The lowest BCUT2D eigenvalue weighted by molar-refractivity contribution is 0.304. The Balaban J connectivity index is 2.13. The highest BCUT2D eigenvalue weighted by Gasteiger charge is 2.04. The molecule has 0 aromatic heterocycles. The van der Waals surface area contributed by atoms with Crippen LogP contribution in [0.25, 0.3) is 0 Å². The van der Waals surface area contributed by atoms with Crippen LogP contribution >= 0.6 is 0 Å². The minimum Gasteiger partial charge on any atom is -0.489 e. The molecule has 20 heavy (non-hydrogen) atoms. The van der Waals surface area contributed by atoms with E-state index in [4.69, 9.17) is 15.7 Å². The number of amidine groups is 1. The Morgan fingerprint density at radius 1 is 1.30 bits per heavy atom. The number of nitrogens with two attached hydrogens (primary N) is 1. The molecule has 4 nitrogen and oxygen atoms in total. The van der Waals surface area contributed by atoms with Crippen LogP contribution in [0.2, 0.25) is 0 Å². The van der Waals surface area contributed by atoms with Crippen LogP contribution < -0.4 is 10.5 Å². The molecular weight excluding hydrogens is 259 g/mol. The van der Waals surface area contributed by atoms with Crippen molar-refractivity contribution in [1.29, 1.82) is 0 Å². The van der Waals surface area contributed by atoms with Crippen molar-refractivity contribution in [2.45, 2.75) is 13.5 Å². The van der Waals surface area contributed by atoms with E-state index in [9.17, 15) is 4.39 Å². The predicted octanol–water partition coefficient (Wildman–Crippen LogP) is 2.81. The monoisotopic (exact) mass is 274 g/mol. The zero-order valence-corrected chi connectivity index (χ0v) is 11.0. The van der Waals surface area contributed by atoms with Gasteiger partial charge in [0.25, 0.3) is 0 Å². The summed E-state index contributed by atoms with van der Waals surface area (Å²) >= 11 is 0. The van der Waals surface area contributed by atoms with Crippen LogP contribution in [0, 0.1) is 12.7 Å². The molecule has 0 radical (unpaired) electrons. The van der Waals surface area contributed by atoms with Gasteiger partial charge in [-0.15, -0.1) is 0 Å². The number of ether oxygens (including phenoxy) is 1. The van der Waals surface area contributed by atoms with Crippen molar-refractivity contribution >= 4 is 5.84 Å². The highest BCUT2D eigenvalue weighted by molar-refractivity contribution is 5.97. The molecule has 5 heteroatoms. The van der Waals surface area contributed by atoms with Gasteiger partial charge in [-0.2, -0.15) is 0 Å². The molecule has 2 rings (SSSR count). The summed E-state index contributed by atoms with van der Waals surface area (Å²) in [7, 11) is 0. The summed E-state index contributed by atoms with van der Waals surface area (Å²) < 4.78 is 18.8. The average molecular weight is 274 g/mol. The molecule has 0 fully saturated rings. The first-order chi connectivity index (χ1) is 9.60. The quantitative estimate of drug-likeness (QED) is 0.390. The fourth-order valence-corrected chi connectivity index (χ4v) is 1.76. The van der Waals surface area contributed by atoms with Gasteiger partial charge in [-0.1, -0.05) is 23.4 Å². The Morgan fingerprint density at radius 2 is 2.10 bits per heavy atom. The highest BCUT2D eigenvalue weighted by atomic mass is 19.1. The summed E-state index contributed by atoms with van der Waals surface area (Å²) in [6, 6.07) is 11.4. The van der Waals surface area contributed by atoms with Crippen molar-refractivity contribution in [1.82, 2.24) is 0 Å². The molecule has 0 aliphatic heterocycles. The van der Waals surface area contributed by atoms with E-state index in [0.717, 1.165) is 11.1 Å². The van der Waals surface area contributed by atoms with Crippen molar-refractivity contribution in [2.24, 2.45) is 10.9 Å². The van der Waals surface area contributed by atoms with Crippen molar-refractivity contribution in [2.75, 3.05) is 0 Å². The molecule has 0 unspecified atom stereocenters. The van der Waals surface area contributed by atoms with Crippen LogP contribution in [0.3, 0.4) is 0 Å². The molecular formula is C15H15FN2O2. The average Bonchev–Trinajstić information content (AvgIpc) is 2.47. The SMILES string of the molecule is Cc1ccc(F)cc1COc1cccc(/C(N)=N/O)c1. The molecule has 2 aromatic rings. The van der Waals surface area contributed by atoms with E-state index >= 15 is 0 Å². The standard InChI is InChI=1S/C15H15FN2O2/c1-10-5-6-13(16)7-12(10)9-20-14-4-2-3-11(8-14)15(17)18-19/h2-8,19H,9H2,1H3,(H2,17,18). The number of nitrogens with zero attached hydrogens (tertiary/aromatic N) is 1. The number of benzene rings is 2. The van der Waals surface area contributed by atoms with E-state index in [2.05, 4.69) is 5.16 Å². The topological polar surface area (TPSA) is 67.8 Å². The van der Waals surface area contributed by atoms with Gasteiger partial charge in [0.2, 0.25) is 0 Å². The predicted molar refractivity (Wildman–Crippen MR) is 74.4 cm³/mol. The summed E-state index contributed by atoms with van der Waals surface area (Å²) in [5.74, 6) is 0.287. The molecule has 0 aliphatic rings. The number of hydrogen-bond acceptors (Lipinski definition) is 3. The molecule has 0 aliphatic carbocycles. The lowest BCUT2D eigenvalue weighted by Gasteiger charge is -2.10. The lowest BCUT2D eigenvalue weighted by atomic mass is 10.1.